The van der Waals surface area contributed by atoms with Gasteiger partial charge in [0.25, 0.3) is 5.91 Å². The van der Waals surface area contributed by atoms with Crippen LogP contribution in [0.4, 0.5) is 29.2 Å². The Morgan fingerprint density at radius 1 is 0.977 bits per heavy atom. The van der Waals surface area contributed by atoms with Gasteiger partial charge in [0.2, 0.25) is 5.95 Å². The number of hydrogen-bond donors (Lipinski definition) is 2. The molecule has 1 amide bonds. The minimum Gasteiger partial charge on any atom is -0.493 e. The number of alkyl halides is 3. The van der Waals surface area contributed by atoms with Crippen molar-refractivity contribution in [3.8, 4) is 34.4 Å². The molecule has 12 nitrogen and oxygen atoms in total. The second kappa shape index (κ2) is 11.7. The summed E-state index contributed by atoms with van der Waals surface area (Å²) in [5, 5.41) is 6.83. The lowest BCUT2D eigenvalue weighted by molar-refractivity contribution is -0.153. The van der Waals surface area contributed by atoms with Crippen molar-refractivity contribution in [1.82, 2.24) is 24.7 Å². The summed E-state index contributed by atoms with van der Waals surface area (Å²) in [6.07, 6.45) is 0.317. The Balaban J connectivity index is 1.39. The highest BCUT2D eigenvalue weighted by atomic mass is 19.4. The van der Waals surface area contributed by atoms with Crippen molar-refractivity contribution >= 4 is 28.4 Å². The van der Waals surface area contributed by atoms with Gasteiger partial charge in [0, 0.05) is 23.7 Å². The Hall–Kier alpha value is -5.67. The Kier molecular flexibility index (Phi) is 7.83. The number of methoxy groups -OCH3 is 2. The first-order valence-electron chi connectivity index (χ1n) is 12.2. The van der Waals surface area contributed by atoms with E-state index in [1.165, 1.54) is 44.9 Å². The third-order valence-corrected chi connectivity index (χ3v) is 5.83. The van der Waals surface area contributed by atoms with E-state index in [9.17, 15) is 18.0 Å². The maximum absolute atomic E-state index is 15.1. The minimum atomic E-state index is -4.70. The van der Waals surface area contributed by atoms with Gasteiger partial charge in [-0.15, -0.1) is 0 Å². The van der Waals surface area contributed by atoms with E-state index < -0.39 is 36.0 Å². The SMILES string of the molecule is COc1cc2nccc(Oc3ccc(NC(=O)c4nn(-c5cnc(N)nc5)cc4OCC(F)(F)F)c(F)c3)c2cc1OC. The number of benzene rings is 2. The van der Waals surface area contributed by atoms with Gasteiger partial charge in [-0.05, 0) is 24.3 Å². The molecule has 3 N–H and O–H groups in total. The van der Waals surface area contributed by atoms with Gasteiger partial charge >= 0.3 is 6.18 Å². The third-order valence-electron chi connectivity index (χ3n) is 5.83. The molecule has 5 rings (SSSR count). The third kappa shape index (κ3) is 6.47. The lowest BCUT2D eigenvalue weighted by Gasteiger charge is -2.13. The average Bonchev–Trinajstić information content (AvgIpc) is 3.41. The number of ether oxygens (including phenoxy) is 4. The first-order valence-corrected chi connectivity index (χ1v) is 12.2. The second-order valence-corrected chi connectivity index (χ2v) is 8.72. The number of nitrogens with two attached hydrogens (primary N) is 1. The van der Waals surface area contributed by atoms with Gasteiger partial charge < -0.3 is 30.0 Å². The van der Waals surface area contributed by atoms with Crippen molar-refractivity contribution in [2.75, 3.05) is 31.9 Å². The number of amides is 1. The number of nitrogen functional groups attached to an aromatic ring is 1. The van der Waals surface area contributed by atoms with E-state index >= 15 is 4.39 Å². The monoisotopic (exact) mass is 599 g/mol. The Bertz CT molecular complexity index is 1800. The molecule has 2 aromatic carbocycles. The van der Waals surface area contributed by atoms with Crippen LogP contribution in [0.15, 0.2) is 61.2 Å². The van der Waals surface area contributed by atoms with E-state index in [4.69, 9.17) is 24.7 Å². The Labute approximate surface area is 240 Å². The number of rotatable bonds is 9. The van der Waals surface area contributed by atoms with Gasteiger partial charge in [-0.25, -0.2) is 19.0 Å². The van der Waals surface area contributed by atoms with Gasteiger partial charge in [-0.3, -0.25) is 9.78 Å². The Morgan fingerprint density at radius 3 is 2.37 bits per heavy atom. The number of carbonyl (C=O) groups is 1. The quantitative estimate of drug-likeness (QED) is 0.223. The van der Waals surface area contributed by atoms with Crippen molar-refractivity contribution in [2.45, 2.75) is 6.18 Å². The molecule has 0 aliphatic heterocycles. The first-order chi connectivity index (χ1) is 20.5. The van der Waals surface area contributed by atoms with Crippen LogP contribution in [0.25, 0.3) is 16.6 Å². The molecule has 3 aromatic heterocycles. The number of anilines is 2. The van der Waals surface area contributed by atoms with E-state index in [0.717, 1.165) is 16.9 Å². The van der Waals surface area contributed by atoms with Crippen molar-refractivity contribution in [3.63, 3.8) is 0 Å². The van der Waals surface area contributed by atoms with Gasteiger partial charge in [0.15, 0.2) is 29.5 Å². The average molecular weight is 600 g/mol. The molecule has 0 spiro atoms. The standard InChI is InChI=1S/C27H21F4N7O5/c1-40-21-8-16-19(9-22(21)41-2)33-6-5-20(16)43-15-3-4-18(17(28)7-15)36-25(39)24-23(42-13-27(29,30)31)12-38(37-24)14-10-34-26(32)35-11-14/h3-12H,13H2,1-2H3,(H,36,39)(H2,32,34,35). The summed E-state index contributed by atoms with van der Waals surface area (Å²) >= 11 is 0. The molecule has 0 aliphatic rings. The van der Waals surface area contributed by atoms with Crippen LogP contribution < -0.4 is 30.0 Å². The van der Waals surface area contributed by atoms with Gasteiger partial charge in [-0.1, -0.05) is 0 Å². The zero-order valence-electron chi connectivity index (χ0n) is 22.3. The molecular formula is C27H21F4N7O5. The summed E-state index contributed by atoms with van der Waals surface area (Å²) in [6, 6.07) is 8.53. The predicted molar refractivity (Wildman–Crippen MR) is 144 cm³/mol. The summed E-state index contributed by atoms with van der Waals surface area (Å²) in [7, 11) is 2.97. The number of nitrogens with one attached hydrogen (secondary N) is 1. The first kappa shape index (κ1) is 28.8. The highest BCUT2D eigenvalue weighted by molar-refractivity contribution is 6.04. The van der Waals surface area contributed by atoms with Crippen molar-refractivity contribution in [2.24, 2.45) is 0 Å². The summed E-state index contributed by atoms with van der Waals surface area (Å²) in [5.41, 5.74) is 5.33. The fourth-order valence-corrected chi connectivity index (χ4v) is 3.87. The van der Waals surface area contributed by atoms with Crippen LogP contribution in [-0.2, 0) is 0 Å². The molecule has 0 aliphatic carbocycles. The molecule has 0 radical (unpaired) electrons. The minimum absolute atomic E-state index is 0.0533. The normalized spacial score (nSPS) is 11.3. The fourth-order valence-electron chi connectivity index (χ4n) is 3.87. The van der Waals surface area contributed by atoms with Gasteiger partial charge in [-0.2, -0.15) is 18.3 Å². The molecule has 0 bridgehead atoms. The molecular weight excluding hydrogens is 578 g/mol. The van der Waals surface area contributed by atoms with E-state index in [-0.39, 0.29) is 23.1 Å². The summed E-state index contributed by atoms with van der Waals surface area (Å²) < 4.78 is 75.9. The van der Waals surface area contributed by atoms with E-state index in [1.54, 1.807) is 18.2 Å². The smallest absolute Gasteiger partial charge is 0.422 e. The van der Waals surface area contributed by atoms with Crippen LogP contribution >= 0.6 is 0 Å². The zero-order valence-corrected chi connectivity index (χ0v) is 22.3. The summed E-state index contributed by atoms with van der Waals surface area (Å²) in [6.45, 7) is -1.69. The summed E-state index contributed by atoms with van der Waals surface area (Å²) in [5.74, 6) is -1.18. The van der Waals surface area contributed by atoms with Crippen LogP contribution in [0.2, 0.25) is 0 Å². The molecule has 0 saturated heterocycles. The van der Waals surface area contributed by atoms with Gasteiger partial charge in [0.1, 0.15) is 23.0 Å². The zero-order chi connectivity index (χ0) is 30.7. The van der Waals surface area contributed by atoms with Crippen LogP contribution in [0.5, 0.6) is 28.7 Å². The molecule has 5 aromatic rings. The topological polar surface area (TPSA) is 149 Å². The van der Waals surface area contributed by atoms with Crippen molar-refractivity contribution in [1.29, 1.82) is 0 Å². The highest BCUT2D eigenvalue weighted by Gasteiger charge is 2.30. The maximum atomic E-state index is 15.1. The molecule has 0 fully saturated rings. The fraction of sp³-hybridized carbons (Fsp3) is 0.148. The van der Waals surface area contributed by atoms with Crippen LogP contribution in [0.1, 0.15) is 10.5 Å². The Morgan fingerprint density at radius 2 is 1.70 bits per heavy atom. The number of aromatic nitrogens is 5. The molecule has 3 heterocycles. The molecule has 222 valence electrons. The molecule has 43 heavy (non-hydrogen) atoms. The molecule has 0 atom stereocenters. The number of halogens is 4. The van der Waals surface area contributed by atoms with Crippen molar-refractivity contribution < 1.29 is 41.3 Å². The largest absolute Gasteiger partial charge is 0.493 e. The second-order valence-electron chi connectivity index (χ2n) is 8.72. The lowest BCUT2D eigenvalue weighted by Crippen LogP contribution is -2.21. The summed E-state index contributed by atoms with van der Waals surface area (Å²) in [4.78, 5) is 24.9. The molecule has 0 unspecified atom stereocenters. The number of nitrogens with zero attached hydrogens (tertiary/aromatic N) is 5. The lowest BCUT2D eigenvalue weighted by atomic mass is 10.2. The van der Waals surface area contributed by atoms with Crippen LogP contribution in [-0.4, -0.2) is 57.6 Å². The number of hydrogen-bond acceptors (Lipinski definition) is 10. The predicted octanol–water partition coefficient (Wildman–Crippen LogP) is 4.93. The highest BCUT2D eigenvalue weighted by Crippen LogP contribution is 2.37. The van der Waals surface area contributed by atoms with Crippen molar-refractivity contribution in [3.05, 3.63) is 72.7 Å². The maximum Gasteiger partial charge on any atom is 0.422 e. The van der Waals surface area contributed by atoms with Crippen LogP contribution in [0, 0.1) is 5.82 Å². The van der Waals surface area contributed by atoms with E-state index in [1.807, 2.05) is 0 Å². The number of fused-ring (bicyclic) bond motifs is 1. The number of carbonyl (C=O) groups excluding carboxylic acids is 1. The molecule has 0 saturated carbocycles. The van der Waals surface area contributed by atoms with E-state index in [0.29, 0.717) is 28.2 Å². The van der Waals surface area contributed by atoms with Gasteiger partial charge in [0.05, 0.1) is 44.0 Å². The molecule has 16 heteroatoms. The van der Waals surface area contributed by atoms with Crippen LogP contribution in [0.3, 0.4) is 0 Å². The number of pyridine rings is 1. The van der Waals surface area contributed by atoms with E-state index in [2.05, 4.69) is 25.4 Å².